The zero-order chi connectivity index (χ0) is 24.2. The third-order valence-corrected chi connectivity index (χ3v) is 6.00. The van der Waals surface area contributed by atoms with Gasteiger partial charge in [-0.3, -0.25) is 14.7 Å². The van der Waals surface area contributed by atoms with E-state index < -0.39 is 0 Å². The Morgan fingerprint density at radius 1 is 1.11 bits per heavy atom. The van der Waals surface area contributed by atoms with Crippen LogP contribution in [0.3, 0.4) is 0 Å². The van der Waals surface area contributed by atoms with E-state index in [1.54, 1.807) is 25.4 Å². The van der Waals surface area contributed by atoms with E-state index in [1.807, 2.05) is 24.3 Å². The van der Waals surface area contributed by atoms with Crippen LogP contribution in [0.2, 0.25) is 0 Å². The molecule has 10 heteroatoms. The Hall–Kier alpha value is -4.21. The third kappa shape index (κ3) is 5.01. The molecular weight excluding hydrogens is 450 g/mol. The van der Waals surface area contributed by atoms with Gasteiger partial charge in [0.15, 0.2) is 0 Å². The number of nitrogens with zero attached hydrogens (tertiary/aromatic N) is 4. The minimum absolute atomic E-state index is 0.143. The lowest BCUT2D eigenvalue weighted by Gasteiger charge is -2.12. The van der Waals surface area contributed by atoms with Gasteiger partial charge in [-0.15, -0.1) is 0 Å². The number of methoxy groups -OCH3 is 1. The summed E-state index contributed by atoms with van der Waals surface area (Å²) in [6, 6.07) is 11.2. The van der Waals surface area contributed by atoms with Crippen molar-refractivity contribution in [3.05, 3.63) is 75.7 Å². The van der Waals surface area contributed by atoms with Gasteiger partial charge in [0, 0.05) is 18.4 Å². The van der Waals surface area contributed by atoms with Crippen molar-refractivity contribution in [2.45, 2.75) is 45.1 Å². The lowest BCUT2D eigenvalue weighted by Crippen LogP contribution is -2.18. The van der Waals surface area contributed by atoms with E-state index in [0.717, 1.165) is 48.3 Å². The van der Waals surface area contributed by atoms with Crippen molar-refractivity contribution in [3.8, 4) is 23.0 Å². The molecule has 0 saturated carbocycles. The first kappa shape index (κ1) is 22.6. The molecule has 0 radical (unpaired) electrons. The maximum atomic E-state index is 12.7. The molecule has 5 rings (SSSR count). The van der Waals surface area contributed by atoms with Gasteiger partial charge in [0.05, 0.1) is 19.0 Å². The largest absolute Gasteiger partial charge is 0.497 e. The smallest absolute Gasteiger partial charge is 0.267 e. The summed E-state index contributed by atoms with van der Waals surface area (Å²) in [4.78, 5) is 33.5. The van der Waals surface area contributed by atoms with E-state index in [1.165, 1.54) is 4.68 Å². The number of rotatable bonds is 8. The number of hydrogen-bond donors (Lipinski definition) is 1. The van der Waals surface area contributed by atoms with E-state index in [4.69, 9.17) is 14.0 Å². The number of benzene rings is 1. The molecule has 1 aliphatic carbocycles. The minimum Gasteiger partial charge on any atom is -0.497 e. The van der Waals surface area contributed by atoms with Crippen LogP contribution in [-0.4, -0.2) is 37.9 Å². The Morgan fingerprint density at radius 3 is 2.69 bits per heavy atom. The molecule has 0 saturated heterocycles. The second-order valence-electron chi connectivity index (χ2n) is 8.33. The van der Waals surface area contributed by atoms with Crippen molar-refractivity contribution in [1.29, 1.82) is 0 Å². The number of ether oxygens (including phenoxy) is 2. The summed E-state index contributed by atoms with van der Waals surface area (Å²) in [6.45, 7) is 0.404. The lowest BCUT2D eigenvalue weighted by atomic mass is 9.98. The van der Waals surface area contributed by atoms with E-state index >= 15 is 0 Å². The van der Waals surface area contributed by atoms with Crippen molar-refractivity contribution < 1.29 is 18.8 Å². The average molecular weight is 476 g/mol. The summed E-state index contributed by atoms with van der Waals surface area (Å²) < 4.78 is 17.6. The molecule has 35 heavy (non-hydrogen) atoms. The Morgan fingerprint density at radius 2 is 1.91 bits per heavy atom. The van der Waals surface area contributed by atoms with Gasteiger partial charge in [0.1, 0.15) is 23.8 Å². The first-order chi connectivity index (χ1) is 17.1. The first-order valence-corrected chi connectivity index (χ1v) is 11.5. The maximum absolute atomic E-state index is 12.7. The molecule has 3 heterocycles. The fourth-order valence-electron chi connectivity index (χ4n) is 4.10. The highest BCUT2D eigenvalue weighted by atomic mass is 16.5. The first-order valence-electron chi connectivity index (χ1n) is 11.5. The Labute approximate surface area is 200 Å². The van der Waals surface area contributed by atoms with Crippen molar-refractivity contribution in [3.63, 3.8) is 0 Å². The predicted octanol–water partition coefficient (Wildman–Crippen LogP) is 3.36. The molecule has 0 atom stereocenters. The Balaban J connectivity index is 1.17. The van der Waals surface area contributed by atoms with Gasteiger partial charge in [-0.25, -0.2) is 9.67 Å². The molecule has 4 aromatic rings. The Bertz CT molecular complexity index is 1370. The summed E-state index contributed by atoms with van der Waals surface area (Å²) in [5, 5.41) is 6.64. The molecule has 0 amide bonds. The molecule has 0 fully saturated rings. The number of nitrogens with one attached hydrogen (secondary N) is 1. The molecule has 3 aromatic heterocycles. The zero-order valence-electron chi connectivity index (χ0n) is 19.3. The number of aromatic nitrogens is 5. The summed E-state index contributed by atoms with van der Waals surface area (Å²) in [6.07, 6.45) is 5.41. The van der Waals surface area contributed by atoms with Crippen molar-refractivity contribution in [2.24, 2.45) is 0 Å². The van der Waals surface area contributed by atoms with Gasteiger partial charge in [0.25, 0.3) is 5.56 Å². The molecule has 180 valence electrons. The Kier molecular flexibility index (Phi) is 6.42. The fourth-order valence-corrected chi connectivity index (χ4v) is 4.10. The molecule has 0 spiro atoms. The normalized spacial score (nSPS) is 12.8. The lowest BCUT2D eigenvalue weighted by molar-refractivity contribution is 0.0879. The number of fused-ring (bicyclic) bond motifs is 1. The maximum Gasteiger partial charge on any atom is 0.267 e. The number of pyridine rings is 1. The van der Waals surface area contributed by atoms with Crippen LogP contribution in [0.25, 0.3) is 11.5 Å². The highest BCUT2D eigenvalue weighted by molar-refractivity contribution is 5.79. The van der Waals surface area contributed by atoms with Gasteiger partial charge in [0.2, 0.25) is 17.6 Å². The van der Waals surface area contributed by atoms with Gasteiger partial charge in [-0.2, -0.15) is 4.98 Å². The molecule has 1 N–H and O–H groups in total. The highest BCUT2D eigenvalue weighted by Gasteiger charge is 2.22. The summed E-state index contributed by atoms with van der Waals surface area (Å²) in [5.41, 5.74) is 2.91. The van der Waals surface area contributed by atoms with E-state index in [-0.39, 0.29) is 24.3 Å². The molecule has 0 aliphatic heterocycles. The van der Waals surface area contributed by atoms with Crippen LogP contribution in [0.5, 0.6) is 11.5 Å². The van der Waals surface area contributed by atoms with Crippen LogP contribution in [-0.2, 0) is 25.9 Å². The van der Waals surface area contributed by atoms with Crippen LogP contribution < -0.4 is 15.0 Å². The number of hydrogen-bond acceptors (Lipinski definition) is 8. The van der Waals surface area contributed by atoms with E-state index in [2.05, 4.69) is 20.2 Å². The van der Waals surface area contributed by atoms with Gasteiger partial charge in [-0.05, 0) is 55.5 Å². The van der Waals surface area contributed by atoms with Gasteiger partial charge in [-0.1, -0.05) is 17.3 Å². The standard InChI is InChI=1S/C25H25N5O5/c1-33-17-8-6-16(7-9-17)15-34-18-10-11-20(26-14-18)24-27-22(35-29-24)12-13-23(31)30-21-5-3-2-4-19(21)25(32)28-30/h6-11,14H,2-5,12-13,15H2,1H3,(H,28,32). The van der Waals surface area contributed by atoms with Crippen LogP contribution >= 0.6 is 0 Å². The number of H-pyrrole nitrogens is 1. The molecular formula is C25H25N5O5. The summed E-state index contributed by atoms with van der Waals surface area (Å²) in [7, 11) is 1.63. The predicted molar refractivity (Wildman–Crippen MR) is 125 cm³/mol. The summed E-state index contributed by atoms with van der Waals surface area (Å²) >= 11 is 0. The molecule has 10 nitrogen and oxygen atoms in total. The second-order valence-corrected chi connectivity index (χ2v) is 8.33. The number of aromatic amines is 1. The molecule has 1 aliphatic rings. The van der Waals surface area contributed by atoms with Gasteiger partial charge >= 0.3 is 0 Å². The zero-order valence-corrected chi connectivity index (χ0v) is 19.3. The fraction of sp³-hybridized carbons (Fsp3) is 0.320. The van der Waals surface area contributed by atoms with Crippen molar-refractivity contribution in [2.75, 3.05) is 7.11 Å². The second kappa shape index (κ2) is 9.96. The van der Waals surface area contributed by atoms with E-state index in [9.17, 15) is 9.59 Å². The SMILES string of the molecule is COc1ccc(COc2ccc(-c3noc(CCC(=O)n4[nH]c(=O)c5c4CCCC5)n3)nc2)cc1. The number of carbonyl (C=O) groups excluding carboxylic acids is 1. The van der Waals surface area contributed by atoms with Crippen molar-refractivity contribution >= 4 is 5.91 Å². The minimum atomic E-state index is -0.193. The quantitative estimate of drug-likeness (QED) is 0.411. The van der Waals surface area contributed by atoms with Gasteiger partial charge < -0.3 is 14.0 Å². The number of carbonyl (C=O) groups is 1. The molecule has 0 bridgehead atoms. The van der Waals surface area contributed by atoms with Crippen LogP contribution in [0.1, 0.15) is 46.8 Å². The number of aryl methyl sites for hydroxylation is 1. The van der Waals surface area contributed by atoms with E-state index in [0.29, 0.717) is 29.8 Å². The van der Waals surface area contributed by atoms with Crippen LogP contribution in [0.15, 0.2) is 51.9 Å². The topological polar surface area (TPSA) is 125 Å². The monoisotopic (exact) mass is 475 g/mol. The summed E-state index contributed by atoms with van der Waals surface area (Å²) in [5.74, 6) is 1.88. The molecule has 0 unspecified atom stereocenters. The molecule has 1 aromatic carbocycles. The highest BCUT2D eigenvalue weighted by Crippen LogP contribution is 2.20. The van der Waals surface area contributed by atoms with Crippen molar-refractivity contribution in [1.82, 2.24) is 24.9 Å². The van der Waals surface area contributed by atoms with Crippen LogP contribution in [0, 0.1) is 0 Å². The average Bonchev–Trinajstić information content (AvgIpc) is 3.52. The van der Waals surface area contributed by atoms with Crippen LogP contribution in [0.4, 0.5) is 0 Å². The third-order valence-electron chi connectivity index (χ3n) is 6.00.